The van der Waals surface area contributed by atoms with E-state index in [9.17, 15) is 13.2 Å². The lowest BCUT2D eigenvalue weighted by atomic mass is 10.2. The minimum Gasteiger partial charge on any atom is -0.369 e. The Hall–Kier alpha value is -3.40. The number of sulfone groups is 1. The number of anilines is 2. The van der Waals surface area contributed by atoms with E-state index in [2.05, 4.69) is 27.1 Å². The van der Waals surface area contributed by atoms with Crippen molar-refractivity contribution in [1.82, 2.24) is 15.2 Å². The van der Waals surface area contributed by atoms with Gasteiger partial charge < -0.3 is 15.5 Å². The number of hydrogen-bond donors (Lipinski definition) is 2. The summed E-state index contributed by atoms with van der Waals surface area (Å²) < 4.78 is 26.8. The van der Waals surface area contributed by atoms with Crippen LogP contribution >= 0.6 is 11.6 Å². The largest absolute Gasteiger partial charge is 0.369 e. The molecule has 1 aromatic heterocycles. The van der Waals surface area contributed by atoms with Crippen LogP contribution in [0.1, 0.15) is 5.56 Å². The second-order valence-corrected chi connectivity index (χ2v) is 10.8. The number of pyridine rings is 1. The molecule has 1 aliphatic rings. The Morgan fingerprint density at radius 3 is 2.36 bits per heavy atom. The molecular weight excluding hydrogens is 498 g/mol. The molecule has 2 amide bonds. The van der Waals surface area contributed by atoms with Gasteiger partial charge in [-0.25, -0.2) is 13.2 Å². The van der Waals surface area contributed by atoms with Gasteiger partial charge in [0.15, 0.2) is 9.84 Å². The van der Waals surface area contributed by atoms with Crippen molar-refractivity contribution in [3.8, 4) is 0 Å². The van der Waals surface area contributed by atoms with Gasteiger partial charge in [0.2, 0.25) is 0 Å². The molecule has 0 saturated carbocycles. The van der Waals surface area contributed by atoms with Crippen LogP contribution in [0.2, 0.25) is 5.02 Å². The summed E-state index contributed by atoms with van der Waals surface area (Å²) in [4.78, 5) is 20.5. The summed E-state index contributed by atoms with van der Waals surface area (Å²) >= 11 is 5.98. The van der Waals surface area contributed by atoms with Crippen LogP contribution in [0.3, 0.4) is 0 Å². The monoisotopic (exact) mass is 525 g/mol. The molecule has 0 spiro atoms. The second kappa shape index (κ2) is 11.6. The van der Waals surface area contributed by atoms with Crippen LogP contribution in [-0.2, 0) is 16.4 Å². The van der Waals surface area contributed by atoms with Gasteiger partial charge in [0, 0.05) is 61.5 Å². The van der Waals surface area contributed by atoms with Gasteiger partial charge in [-0.1, -0.05) is 23.7 Å². The van der Waals surface area contributed by atoms with Crippen molar-refractivity contribution in [2.75, 3.05) is 36.4 Å². The van der Waals surface area contributed by atoms with Crippen LogP contribution in [0.25, 0.3) is 0 Å². The van der Waals surface area contributed by atoms with E-state index in [1.165, 1.54) is 18.2 Å². The quantitative estimate of drug-likeness (QED) is 0.429. The molecule has 188 valence electrons. The van der Waals surface area contributed by atoms with Crippen molar-refractivity contribution in [2.24, 2.45) is 0 Å². The number of carbonyl (C=O) groups excluding carboxylic acids is 1. The maximum atomic E-state index is 13.4. The first-order valence-corrected chi connectivity index (χ1v) is 13.4. The third-order valence-electron chi connectivity index (χ3n) is 6.00. The van der Waals surface area contributed by atoms with Crippen molar-refractivity contribution in [2.45, 2.75) is 16.8 Å². The molecule has 8 nitrogen and oxygen atoms in total. The van der Waals surface area contributed by atoms with Gasteiger partial charge >= 0.3 is 6.03 Å². The minimum absolute atomic E-state index is 0.175. The standard InChI is InChI=1S/C26H28ClN5O3S/c1-2-25(32-16-14-31(15-17-32)23-9-5-21(27)6-10-23)36(34,35)24-11-7-22(8-12-24)30-26(33)29-19-20-4-3-13-28-18-20/h2-13,18,25H,1,14-17,19H2,(H2,29,30,33). The highest BCUT2D eigenvalue weighted by atomic mass is 35.5. The van der Waals surface area contributed by atoms with E-state index < -0.39 is 21.2 Å². The molecule has 0 radical (unpaired) electrons. The van der Waals surface area contributed by atoms with Crippen molar-refractivity contribution < 1.29 is 13.2 Å². The molecule has 10 heteroatoms. The molecule has 1 fully saturated rings. The lowest BCUT2D eigenvalue weighted by Crippen LogP contribution is -2.52. The zero-order valence-electron chi connectivity index (χ0n) is 19.7. The number of hydrogen-bond acceptors (Lipinski definition) is 6. The minimum atomic E-state index is -3.69. The smallest absolute Gasteiger partial charge is 0.319 e. The van der Waals surface area contributed by atoms with Crippen LogP contribution in [0.5, 0.6) is 0 Å². The highest BCUT2D eigenvalue weighted by Gasteiger charge is 2.32. The van der Waals surface area contributed by atoms with Gasteiger partial charge in [-0.15, -0.1) is 6.58 Å². The lowest BCUT2D eigenvalue weighted by molar-refractivity contribution is 0.251. The number of urea groups is 1. The zero-order valence-corrected chi connectivity index (χ0v) is 21.3. The first-order chi connectivity index (χ1) is 17.4. The van der Waals surface area contributed by atoms with Gasteiger partial charge in [-0.05, 0) is 60.2 Å². The molecular formula is C26H28ClN5O3S. The summed E-state index contributed by atoms with van der Waals surface area (Å²) in [5, 5.41) is 5.29. The number of nitrogens with one attached hydrogen (secondary N) is 2. The summed E-state index contributed by atoms with van der Waals surface area (Å²) in [5.74, 6) is 0. The number of piperazine rings is 1. The molecule has 1 unspecified atom stereocenters. The molecule has 2 heterocycles. The lowest BCUT2D eigenvalue weighted by Gasteiger charge is -2.39. The number of benzene rings is 2. The van der Waals surface area contributed by atoms with E-state index in [1.807, 2.05) is 35.2 Å². The van der Waals surface area contributed by atoms with Crippen LogP contribution in [-0.4, -0.2) is 55.9 Å². The predicted octanol–water partition coefficient (Wildman–Crippen LogP) is 4.16. The maximum Gasteiger partial charge on any atom is 0.319 e. The molecule has 0 bridgehead atoms. The number of amides is 2. The summed E-state index contributed by atoms with van der Waals surface area (Å²) in [7, 11) is -3.69. The first kappa shape index (κ1) is 25.7. The summed E-state index contributed by atoms with van der Waals surface area (Å²) in [6, 6.07) is 17.1. The zero-order chi connectivity index (χ0) is 25.5. The van der Waals surface area contributed by atoms with Gasteiger partial charge in [-0.2, -0.15) is 0 Å². The van der Waals surface area contributed by atoms with E-state index in [0.29, 0.717) is 43.4 Å². The Kier molecular flexibility index (Phi) is 8.25. The molecule has 3 aromatic rings. The van der Waals surface area contributed by atoms with Crippen molar-refractivity contribution in [1.29, 1.82) is 0 Å². The number of rotatable bonds is 8. The van der Waals surface area contributed by atoms with Crippen LogP contribution in [0.4, 0.5) is 16.2 Å². The molecule has 1 saturated heterocycles. The van der Waals surface area contributed by atoms with Crippen LogP contribution < -0.4 is 15.5 Å². The Morgan fingerprint density at radius 2 is 1.75 bits per heavy atom. The SMILES string of the molecule is C=CC(N1CCN(c2ccc(Cl)cc2)CC1)S(=O)(=O)c1ccc(NC(=O)NCc2cccnc2)cc1. The third-order valence-corrected chi connectivity index (χ3v) is 8.31. The molecule has 0 aliphatic carbocycles. The third kappa shape index (κ3) is 6.23. The van der Waals surface area contributed by atoms with Gasteiger partial charge in [0.25, 0.3) is 0 Å². The van der Waals surface area contributed by atoms with Gasteiger partial charge in [0.05, 0.1) is 4.90 Å². The maximum absolute atomic E-state index is 13.4. The summed E-state index contributed by atoms with van der Waals surface area (Å²) in [6.45, 7) is 6.67. The highest BCUT2D eigenvalue weighted by molar-refractivity contribution is 7.92. The van der Waals surface area contributed by atoms with E-state index in [-0.39, 0.29) is 4.90 Å². The van der Waals surface area contributed by atoms with Crippen molar-refractivity contribution in [3.63, 3.8) is 0 Å². The Labute approximate surface area is 216 Å². The summed E-state index contributed by atoms with van der Waals surface area (Å²) in [6.07, 6.45) is 4.82. The average Bonchev–Trinajstić information content (AvgIpc) is 2.90. The fourth-order valence-corrected chi connectivity index (χ4v) is 5.86. The Balaban J connectivity index is 1.35. The van der Waals surface area contributed by atoms with Gasteiger partial charge in [-0.3, -0.25) is 9.88 Å². The fraction of sp³-hybridized carbons (Fsp3) is 0.231. The van der Waals surface area contributed by atoms with Crippen molar-refractivity contribution in [3.05, 3.63) is 96.3 Å². The number of carbonyl (C=O) groups is 1. The number of halogens is 1. The highest BCUT2D eigenvalue weighted by Crippen LogP contribution is 2.25. The molecule has 1 atom stereocenters. The molecule has 36 heavy (non-hydrogen) atoms. The van der Waals surface area contributed by atoms with Crippen molar-refractivity contribution >= 4 is 38.8 Å². The fourth-order valence-electron chi connectivity index (χ4n) is 4.09. The normalized spacial score (nSPS) is 15.2. The van der Waals surface area contributed by atoms with Crippen LogP contribution in [0, 0.1) is 0 Å². The molecule has 4 rings (SSSR count). The van der Waals surface area contributed by atoms with E-state index in [0.717, 1.165) is 11.3 Å². The Bertz CT molecular complexity index is 1280. The first-order valence-electron chi connectivity index (χ1n) is 11.5. The predicted molar refractivity (Wildman–Crippen MR) is 143 cm³/mol. The second-order valence-electron chi connectivity index (χ2n) is 8.36. The number of aromatic nitrogens is 1. The average molecular weight is 526 g/mol. The Morgan fingerprint density at radius 1 is 1.06 bits per heavy atom. The van der Waals surface area contributed by atoms with E-state index >= 15 is 0 Å². The summed E-state index contributed by atoms with van der Waals surface area (Å²) in [5.41, 5.74) is 2.42. The number of nitrogens with zero attached hydrogens (tertiary/aromatic N) is 3. The van der Waals surface area contributed by atoms with E-state index in [1.54, 1.807) is 30.6 Å². The van der Waals surface area contributed by atoms with Crippen LogP contribution in [0.15, 0.2) is 90.6 Å². The topological polar surface area (TPSA) is 94.6 Å². The molecule has 2 N–H and O–H groups in total. The van der Waals surface area contributed by atoms with E-state index in [4.69, 9.17) is 11.6 Å². The van der Waals surface area contributed by atoms with Gasteiger partial charge in [0.1, 0.15) is 5.37 Å². The molecule has 1 aliphatic heterocycles. The molecule has 2 aromatic carbocycles.